The van der Waals surface area contributed by atoms with Crippen molar-refractivity contribution in [2.24, 2.45) is 0 Å². The number of hydrogen-bond acceptors (Lipinski definition) is 4. The molecular weight excluding hydrogens is 246 g/mol. The van der Waals surface area contributed by atoms with Crippen molar-refractivity contribution in [1.29, 1.82) is 5.26 Å². The van der Waals surface area contributed by atoms with E-state index in [1.807, 2.05) is 13.0 Å². The Bertz CT molecular complexity index is 723. The van der Waals surface area contributed by atoms with Crippen molar-refractivity contribution in [3.8, 4) is 11.9 Å². The predicted molar refractivity (Wildman–Crippen MR) is 67.7 cm³/mol. The van der Waals surface area contributed by atoms with Crippen molar-refractivity contribution in [1.82, 2.24) is 9.38 Å². The molecule has 0 aliphatic carbocycles. The molecule has 1 N–H and O–H groups in total. The van der Waals surface area contributed by atoms with E-state index in [2.05, 4.69) is 4.98 Å². The molecule has 0 radical (unpaired) electrons. The van der Waals surface area contributed by atoms with Crippen LogP contribution in [0.4, 0.5) is 0 Å². The lowest BCUT2D eigenvalue weighted by atomic mass is 10.2. The van der Waals surface area contributed by atoms with Gasteiger partial charge in [-0.15, -0.1) is 0 Å². The van der Waals surface area contributed by atoms with Crippen LogP contribution in [0.5, 0.6) is 5.88 Å². The standard InChI is InChI=1S/C13H11N3O3/c1-8-3-4-11-15-12(19-2)10(16(11)7-8)5-9(6-14)13(17)18/h3-5,7H,1-2H3,(H,17,18). The number of rotatable bonds is 3. The minimum Gasteiger partial charge on any atom is -0.479 e. The maximum Gasteiger partial charge on any atom is 0.346 e. The maximum absolute atomic E-state index is 10.9. The van der Waals surface area contributed by atoms with Gasteiger partial charge in [-0.3, -0.25) is 4.40 Å². The molecule has 96 valence electrons. The zero-order valence-corrected chi connectivity index (χ0v) is 10.4. The smallest absolute Gasteiger partial charge is 0.346 e. The minimum atomic E-state index is -1.29. The first-order chi connectivity index (χ1) is 9.06. The molecule has 0 fully saturated rings. The van der Waals surface area contributed by atoms with Crippen LogP contribution in [0.25, 0.3) is 11.7 Å². The normalized spacial score (nSPS) is 11.3. The van der Waals surface area contributed by atoms with Crippen LogP contribution in [0.15, 0.2) is 23.9 Å². The molecular formula is C13H11N3O3. The average Bonchev–Trinajstić information content (AvgIpc) is 2.72. The van der Waals surface area contributed by atoms with Gasteiger partial charge in [0.15, 0.2) is 0 Å². The summed E-state index contributed by atoms with van der Waals surface area (Å²) in [7, 11) is 1.44. The van der Waals surface area contributed by atoms with Gasteiger partial charge in [0.2, 0.25) is 5.88 Å². The first-order valence-corrected chi connectivity index (χ1v) is 5.44. The molecule has 2 rings (SSSR count). The second-order valence-corrected chi connectivity index (χ2v) is 3.92. The number of aromatic nitrogens is 2. The Balaban J connectivity index is 2.74. The van der Waals surface area contributed by atoms with Gasteiger partial charge in [0, 0.05) is 6.20 Å². The molecule has 2 aromatic rings. The van der Waals surface area contributed by atoms with Crippen LogP contribution < -0.4 is 4.74 Å². The largest absolute Gasteiger partial charge is 0.479 e. The Morgan fingerprint density at radius 3 is 2.89 bits per heavy atom. The summed E-state index contributed by atoms with van der Waals surface area (Å²) in [5.41, 5.74) is 1.66. The van der Waals surface area contributed by atoms with E-state index < -0.39 is 5.97 Å². The monoisotopic (exact) mass is 257 g/mol. The highest BCUT2D eigenvalue weighted by Crippen LogP contribution is 2.23. The maximum atomic E-state index is 10.9. The highest BCUT2D eigenvalue weighted by Gasteiger charge is 2.14. The Morgan fingerprint density at radius 1 is 1.58 bits per heavy atom. The summed E-state index contributed by atoms with van der Waals surface area (Å²) in [6.07, 6.45) is 3.05. The highest BCUT2D eigenvalue weighted by molar-refractivity contribution is 5.96. The van der Waals surface area contributed by atoms with Crippen molar-refractivity contribution in [3.63, 3.8) is 0 Å². The Hall–Kier alpha value is -2.81. The third kappa shape index (κ3) is 2.26. The topological polar surface area (TPSA) is 87.6 Å². The fraction of sp³-hybridized carbons (Fsp3) is 0.154. The van der Waals surface area contributed by atoms with Crippen molar-refractivity contribution in [2.45, 2.75) is 6.92 Å². The molecule has 2 heterocycles. The molecule has 2 aromatic heterocycles. The molecule has 0 bridgehead atoms. The number of carboxylic acids is 1. The van der Waals surface area contributed by atoms with Gasteiger partial charge in [-0.25, -0.2) is 4.79 Å². The molecule has 0 aliphatic heterocycles. The van der Waals surface area contributed by atoms with Crippen LogP contribution in [-0.2, 0) is 4.79 Å². The summed E-state index contributed by atoms with van der Waals surface area (Å²) in [6.45, 7) is 1.90. The third-order valence-electron chi connectivity index (χ3n) is 2.59. The van der Waals surface area contributed by atoms with Gasteiger partial charge in [-0.1, -0.05) is 6.07 Å². The Morgan fingerprint density at radius 2 is 2.32 bits per heavy atom. The van der Waals surface area contributed by atoms with Gasteiger partial charge in [0.1, 0.15) is 23.0 Å². The van der Waals surface area contributed by atoms with Crippen molar-refractivity contribution >= 4 is 17.7 Å². The first-order valence-electron chi connectivity index (χ1n) is 5.44. The summed E-state index contributed by atoms with van der Waals surface area (Å²) in [4.78, 5) is 15.1. The lowest BCUT2D eigenvalue weighted by Crippen LogP contribution is -1.99. The molecule has 0 aromatic carbocycles. The van der Waals surface area contributed by atoms with Crippen molar-refractivity contribution < 1.29 is 14.6 Å². The summed E-state index contributed by atoms with van der Waals surface area (Å²) in [5.74, 6) is -1.01. The lowest BCUT2D eigenvalue weighted by Gasteiger charge is -2.00. The Labute approximate surface area is 109 Å². The zero-order chi connectivity index (χ0) is 14.0. The number of hydrogen-bond donors (Lipinski definition) is 1. The van der Waals surface area contributed by atoms with Crippen LogP contribution in [0.1, 0.15) is 11.3 Å². The predicted octanol–water partition coefficient (Wildman–Crippen LogP) is 1.64. The second kappa shape index (κ2) is 4.82. The van der Waals surface area contributed by atoms with E-state index in [1.54, 1.807) is 22.7 Å². The molecule has 0 atom stereocenters. The van der Waals surface area contributed by atoms with E-state index in [0.29, 0.717) is 11.3 Å². The fourth-order valence-electron chi connectivity index (χ4n) is 1.71. The number of aryl methyl sites for hydroxylation is 1. The van der Waals surface area contributed by atoms with Crippen LogP contribution in [0.2, 0.25) is 0 Å². The molecule has 6 nitrogen and oxygen atoms in total. The number of ether oxygens (including phenoxy) is 1. The number of nitriles is 1. The fourth-order valence-corrected chi connectivity index (χ4v) is 1.71. The number of carbonyl (C=O) groups is 1. The van der Waals surface area contributed by atoms with E-state index in [-0.39, 0.29) is 11.5 Å². The van der Waals surface area contributed by atoms with Gasteiger partial charge in [0.05, 0.1) is 7.11 Å². The van der Waals surface area contributed by atoms with E-state index in [9.17, 15) is 4.79 Å². The molecule has 6 heteroatoms. The van der Waals surface area contributed by atoms with Gasteiger partial charge in [-0.2, -0.15) is 10.2 Å². The Kier molecular flexibility index (Phi) is 3.21. The van der Waals surface area contributed by atoms with Crippen LogP contribution in [0, 0.1) is 18.3 Å². The summed E-state index contributed by atoms with van der Waals surface area (Å²) >= 11 is 0. The number of pyridine rings is 1. The SMILES string of the molecule is COc1nc2ccc(C)cn2c1C=C(C#N)C(=O)O. The molecule has 0 aliphatic rings. The molecule has 0 saturated carbocycles. The van der Waals surface area contributed by atoms with Crippen molar-refractivity contribution in [3.05, 3.63) is 35.2 Å². The van der Waals surface area contributed by atoms with Gasteiger partial charge in [-0.05, 0) is 24.6 Å². The van der Waals surface area contributed by atoms with Crippen LogP contribution in [-0.4, -0.2) is 27.6 Å². The van der Waals surface area contributed by atoms with Gasteiger partial charge >= 0.3 is 5.97 Å². The number of nitrogens with zero attached hydrogens (tertiary/aromatic N) is 3. The quantitative estimate of drug-likeness (QED) is 0.667. The third-order valence-corrected chi connectivity index (χ3v) is 2.59. The lowest BCUT2D eigenvalue weighted by molar-refractivity contribution is -0.132. The van der Waals surface area contributed by atoms with E-state index in [1.165, 1.54) is 13.2 Å². The summed E-state index contributed by atoms with van der Waals surface area (Å²) in [5, 5.41) is 17.7. The molecule has 0 unspecified atom stereocenters. The highest BCUT2D eigenvalue weighted by atomic mass is 16.5. The number of methoxy groups -OCH3 is 1. The van der Waals surface area contributed by atoms with Crippen molar-refractivity contribution in [2.75, 3.05) is 7.11 Å². The molecule has 0 amide bonds. The van der Waals surface area contributed by atoms with Crippen LogP contribution >= 0.6 is 0 Å². The zero-order valence-electron chi connectivity index (χ0n) is 10.4. The minimum absolute atomic E-state index is 0.277. The second-order valence-electron chi connectivity index (χ2n) is 3.92. The summed E-state index contributed by atoms with van der Waals surface area (Å²) in [6, 6.07) is 5.32. The van der Waals surface area contributed by atoms with Gasteiger partial charge < -0.3 is 9.84 Å². The number of imidazole rings is 1. The number of aliphatic carboxylic acids is 1. The van der Waals surface area contributed by atoms with Gasteiger partial charge in [0.25, 0.3) is 0 Å². The number of carboxylic acid groups (broad SMARTS) is 1. The molecule has 0 saturated heterocycles. The molecule has 19 heavy (non-hydrogen) atoms. The van der Waals surface area contributed by atoms with E-state index in [4.69, 9.17) is 15.1 Å². The average molecular weight is 257 g/mol. The van der Waals surface area contributed by atoms with E-state index >= 15 is 0 Å². The molecule has 0 spiro atoms. The number of fused-ring (bicyclic) bond motifs is 1. The van der Waals surface area contributed by atoms with Crippen LogP contribution in [0.3, 0.4) is 0 Å². The summed E-state index contributed by atoms with van der Waals surface area (Å²) < 4.78 is 6.81. The van der Waals surface area contributed by atoms with E-state index in [0.717, 1.165) is 5.56 Å². The first kappa shape index (κ1) is 12.6.